The summed E-state index contributed by atoms with van der Waals surface area (Å²) in [5.41, 5.74) is 0.512. The number of carbonyl (C=O) groups excluding carboxylic acids is 2. The van der Waals surface area contributed by atoms with Crippen LogP contribution < -0.4 is 5.32 Å². The van der Waals surface area contributed by atoms with Crippen LogP contribution in [0.5, 0.6) is 0 Å². The predicted molar refractivity (Wildman–Crippen MR) is 48.8 cm³/mol. The molecule has 76 valence electrons. The van der Waals surface area contributed by atoms with Crippen molar-refractivity contribution in [3.63, 3.8) is 0 Å². The van der Waals surface area contributed by atoms with E-state index in [2.05, 4.69) is 10.3 Å². The van der Waals surface area contributed by atoms with E-state index in [4.69, 9.17) is 4.42 Å². The Balaban J connectivity index is 2.69. The van der Waals surface area contributed by atoms with Crippen LogP contribution in [0.2, 0.25) is 0 Å². The highest BCUT2D eigenvalue weighted by Crippen LogP contribution is 2.04. The smallest absolute Gasteiger partial charge is 0.289 e. The number of nitrogens with zero attached hydrogens (tertiary/aromatic N) is 1. The van der Waals surface area contributed by atoms with E-state index in [1.54, 1.807) is 13.8 Å². The lowest BCUT2D eigenvalue weighted by atomic mass is 10.2. The van der Waals surface area contributed by atoms with Gasteiger partial charge in [-0.05, 0) is 20.8 Å². The molecular formula is C9H12N2O3. The van der Waals surface area contributed by atoms with E-state index in [9.17, 15) is 9.59 Å². The van der Waals surface area contributed by atoms with Gasteiger partial charge in [0.25, 0.3) is 5.91 Å². The summed E-state index contributed by atoms with van der Waals surface area (Å²) in [7, 11) is 0. The second-order valence-corrected chi connectivity index (χ2v) is 3.07. The van der Waals surface area contributed by atoms with Crippen LogP contribution in [0, 0.1) is 6.92 Å². The van der Waals surface area contributed by atoms with E-state index in [0.717, 1.165) is 0 Å². The maximum atomic E-state index is 11.4. The average Bonchev–Trinajstić information content (AvgIpc) is 2.51. The Hall–Kier alpha value is -1.65. The Morgan fingerprint density at radius 3 is 2.64 bits per heavy atom. The third kappa shape index (κ3) is 2.18. The van der Waals surface area contributed by atoms with Crippen molar-refractivity contribution in [2.75, 3.05) is 0 Å². The van der Waals surface area contributed by atoms with Gasteiger partial charge >= 0.3 is 0 Å². The van der Waals surface area contributed by atoms with Crippen LogP contribution in [0.15, 0.2) is 10.8 Å². The molecular weight excluding hydrogens is 184 g/mol. The van der Waals surface area contributed by atoms with E-state index < -0.39 is 11.9 Å². The molecule has 0 aromatic carbocycles. The Kier molecular flexibility index (Phi) is 3.01. The van der Waals surface area contributed by atoms with Gasteiger partial charge in [-0.15, -0.1) is 0 Å². The molecule has 5 nitrogen and oxygen atoms in total. The zero-order valence-corrected chi connectivity index (χ0v) is 8.33. The van der Waals surface area contributed by atoms with Crippen LogP contribution in [0.3, 0.4) is 0 Å². The molecule has 1 aromatic rings. The summed E-state index contributed by atoms with van der Waals surface area (Å²) < 4.78 is 4.87. The quantitative estimate of drug-likeness (QED) is 0.772. The monoisotopic (exact) mass is 196 g/mol. The van der Waals surface area contributed by atoms with Crippen molar-refractivity contribution in [2.45, 2.75) is 26.8 Å². The number of hydrogen-bond acceptors (Lipinski definition) is 4. The first-order valence-corrected chi connectivity index (χ1v) is 4.23. The van der Waals surface area contributed by atoms with Gasteiger partial charge in [-0.3, -0.25) is 9.59 Å². The average molecular weight is 196 g/mol. The Morgan fingerprint density at radius 1 is 1.57 bits per heavy atom. The predicted octanol–water partition coefficient (Wildman–Crippen LogP) is 0.690. The van der Waals surface area contributed by atoms with Gasteiger partial charge in [-0.25, -0.2) is 4.98 Å². The maximum Gasteiger partial charge on any atom is 0.289 e. The van der Waals surface area contributed by atoms with Gasteiger partial charge in [0.05, 0.1) is 11.7 Å². The van der Waals surface area contributed by atoms with Crippen LogP contribution >= 0.6 is 0 Å². The largest absolute Gasteiger partial charge is 0.438 e. The second-order valence-electron chi connectivity index (χ2n) is 3.07. The number of carbonyl (C=O) groups is 2. The van der Waals surface area contributed by atoms with Crippen molar-refractivity contribution in [3.8, 4) is 0 Å². The van der Waals surface area contributed by atoms with Crippen LogP contribution in [-0.2, 0) is 4.79 Å². The van der Waals surface area contributed by atoms with Crippen molar-refractivity contribution < 1.29 is 14.0 Å². The molecule has 0 saturated heterocycles. The van der Waals surface area contributed by atoms with Crippen molar-refractivity contribution in [3.05, 3.63) is 17.8 Å². The van der Waals surface area contributed by atoms with E-state index in [-0.39, 0.29) is 11.5 Å². The summed E-state index contributed by atoms with van der Waals surface area (Å²) in [6.45, 7) is 4.70. The van der Waals surface area contributed by atoms with E-state index in [1.807, 2.05) is 0 Å². The molecule has 0 bridgehead atoms. The van der Waals surface area contributed by atoms with Crippen LogP contribution in [0.25, 0.3) is 0 Å². The molecule has 5 heteroatoms. The fraction of sp³-hybridized carbons (Fsp3) is 0.444. The number of amides is 1. The van der Waals surface area contributed by atoms with Gasteiger partial charge in [0, 0.05) is 0 Å². The van der Waals surface area contributed by atoms with Gasteiger partial charge in [-0.2, -0.15) is 0 Å². The lowest BCUT2D eigenvalue weighted by Crippen LogP contribution is -2.37. The summed E-state index contributed by atoms with van der Waals surface area (Å²) in [6, 6.07) is -0.507. The molecule has 0 aliphatic rings. The molecule has 1 atom stereocenters. The Morgan fingerprint density at radius 2 is 2.21 bits per heavy atom. The van der Waals surface area contributed by atoms with Crippen molar-refractivity contribution in [2.24, 2.45) is 0 Å². The second kappa shape index (κ2) is 4.04. The summed E-state index contributed by atoms with van der Waals surface area (Å²) in [5, 5.41) is 2.50. The molecule has 1 heterocycles. The molecule has 1 amide bonds. The Bertz CT molecular complexity index is 357. The molecule has 14 heavy (non-hydrogen) atoms. The number of nitrogens with one attached hydrogen (secondary N) is 1. The van der Waals surface area contributed by atoms with E-state index >= 15 is 0 Å². The first kappa shape index (κ1) is 10.4. The molecule has 0 fully saturated rings. The normalized spacial score (nSPS) is 12.2. The molecule has 1 rings (SSSR count). The highest BCUT2D eigenvalue weighted by Gasteiger charge is 2.17. The number of hydrogen-bond donors (Lipinski definition) is 1. The lowest BCUT2D eigenvalue weighted by Gasteiger charge is -2.08. The molecule has 1 unspecified atom stereocenters. The maximum absolute atomic E-state index is 11.4. The minimum Gasteiger partial charge on any atom is -0.438 e. The SMILES string of the molecule is CC(=O)C(C)NC(=O)c1ocnc1C. The third-order valence-corrected chi connectivity index (χ3v) is 1.91. The molecule has 0 saturated carbocycles. The number of ketones is 1. The third-order valence-electron chi connectivity index (χ3n) is 1.91. The minimum absolute atomic E-state index is 0.101. The van der Waals surface area contributed by atoms with Gasteiger partial charge in [0.15, 0.2) is 12.2 Å². The molecule has 0 radical (unpaired) electrons. The minimum atomic E-state index is -0.507. The fourth-order valence-electron chi connectivity index (χ4n) is 0.884. The first-order chi connectivity index (χ1) is 6.52. The number of rotatable bonds is 3. The lowest BCUT2D eigenvalue weighted by molar-refractivity contribution is -0.118. The molecule has 1 N–H and O–H groups in total. The summed E-state index contributed by atoms with van der Waals surface area (Å²) in [6.07, 6.45) is 1.20. The topological polar surface area (TPSA) is 72.2 Å². The number of oxazole rings is 1. The van der Waals surface area contributed by atoms with Gasteiger partial charge in [-0.1, -0.05) is 0 Å². The molecule has 0 aliphatic heterocycles. The number of aromatic nitrogens is 1. The van der Waals surface area contributed by atoms with E-state index in [1.165, 1.54) is 13.3 Å². The van der Waals surface area contributed by atoms with Gasteiger partial charge in [0.1, 0.15) is 0 Å². The summed E-state index contributed by atoms with van der Waals surface area (Å²) in [4.78, 5) is 26.1. The van der Waals surface area contributed by atoms with Crippen LogP contribution in [-0.4, -0.2) is 22.7 Å². The number of aryl methyl sites for hydroxylation is 1. The molecule has 1 aromatic heterocycles. The standard InChI is InChI=1S/C9H12N2O3/c1-5(7(3)12)11-9(13)8-6(2)10-4-14-8/h4-5H,1-3H3,(H,11,13). The zero-order valence-electron chi connectivity index (χ0n) is 8.33. The van der Waals surface area contributed by atoms with Gasteiger partial charge in [0.2, 0.25) is 5.76 Å². The van der Waals surface area contributed by atoms with Crippen LogP contribution in [0.1, 0.15) is 30.1 Å². The van der Waals surface area contributed by atoms with E-state index in [0.29, 0.717) is 5.69 Å². The highest BCUT2D eigenvalue weighted by atomic mass is 16.3. The van der Waals surface area contributed by atoms with Gasteiger partial charge < -0.3 is 9.73 Å². The summed E-state index contributed by atoms with van der Waals surface area (Å²) >= 11 is 0. The Labute approximate surface area is 81.5 Å². The zero-order chi connectivity index (χ0) is 10.7. The number of Topliss-reactive ketones (excluding diaryl/α,β-unsaturated/α-hetero) is 1. The molecule has 0 aliphatic carbocycles. The highest BCUT2D eigenvalue weighted by molar-refractivity contribution is 5.95. The first-order valence-electron chi connectivity index (χ1n) is 4.23. The summed E-state index contributed by atoms with van der Waals surface area (Å²) in [5.74, 6) is -0.365. The van der Waals surface area contributed by atoms with Crippen molar-refractivity contribution in [1.82, 2.24) is 10.3 Å². The van der Waals surface area contributed by atoms with Crippen molar-refractivity contribution in [1.29, 1.82) is 0 Å². The fourth-order valence-corrected chi connectivity index (χ4v) is 0.884. The van der Waals surface area contributed by atoms with Crippen LogP contribution in [0.4, 0.5) is 0 Å². The molecule has 0 spiro atoms. The van der Waals surface area contributed by atoms with Crippen molar-refractivity contribution >= 4 is 11.7 Å².